The number of benzene rings is 1. The van der Waals surface area contributed by atoms with Gasteiger partial charge in [0.15, 0.2) is 6.29 Å². The molecule has 0 saturated carbocycles. The molecule has 0 unspecified atom stereocenters. The number of alkyl halides is 2. The van der Waals surface area contributed by atoms with Crippen LogP contribution in [0.2, 0.25) is 0 Å². The second kappa shape index (κ2) is 5.22. The Hall–Kier alpha value is -0.500. The number of hydrogen-bond acceptors (Lipinski definition) is 1. The maximum Gasteiger partial charge on any atom is 0.208 e. The van der Waals surface area contributed by atoms with Crippen molar-refractivity contribution in [2.45, 2.75) is 18.2 Å². The molecule has 0 aliphatic heterocycles. The summed E-state index contributed by atoms with van der Waals surface area (Å²) in [7, 11) is 0. The molecular weight excluding hydrogens is 266 g/mol. The summed E-state index contributed by atoms with van der Waals surface area (Å²) in [5.41, 5.74) is 3.19. The minimum Gasteiger partial charge on any atom is -0.300 e. The number of hydrogen-bond donors (Lipinski definition) is 0. The van der Waals surface area contributed by atoms with E-state index in [0.717, 1.165) is 11.1 Å². The number of carbonyl (C=O) groups excluding carboxylic acids is 1. The van der Waals surface area contributed by atoms with Gasteiger partial charge in [-0.2, -0.15) is 0 Å². The quantitative estimate of drug-likeness (QED) is 0.596. The molecule has 0 radical (unpaired) electrons. The van der Waals surface area contributed by atoms with Gasteiger partial charge in [-0.25, -0.2) is 0 Å². The molecule has 0 aliphatic rings. The number of halogens is 3. The van der Waals surface area contributed by atoms with Gasteiger partial charge in [0.1, 0.15) is 0 Å². The van der Waals surface area contributed by atoms with Gasteiger partial charge in [0, 0.05) is 0 Å². The van der Waals surface area contributed by atoms with Crippen molar-refractivity contribution in [3.05, 3.63) is 39.9 Å². The summed E-state index contributed by atoms with van der Waals surface area (Å²) in [6, 6.07) is 5.81. The number of aldehydes is 1. The predicted octanol–water partition coefficient (Wildman–Crippen LogP) is 4.26. The Morgan fingerprint density at radius 2 is 1.88 bits per heavy atom. The van der Waals surface area contributed by atoms with Crippen molar-refractivity contribution < 1.29 is 4.79 Å². The van der Waals surface area contributed by atoms with Crippen molar-refractivity contribution >= 4 is 47.2 Å². The second-order valence-electron chi connectivity index (χ2n) is 3.58. The van der Waals surface area contributed by atoms with Crippen molar-refractivity contribution in [1.82, 2.24) is 0 Å². The molecule has 1 rings (SSSR count). The fourth-order valence-corrected chi connectivity index (χ4v) is 1.43. The van der Waals surface area contributed by atoms with Crippen LogP contribution in [-0.4, -0.2) is 10.6 Å². The zero-order chi connectivity index (χ0) is 12.3. The van der Waals surface area contributed by atoms with Crippen LogP contribution in [-0.2, 0) is 4.79 Å². The molecule has 0 bridgehead atoms. The van der Waals surface area contributed by atoms with E-state index in [0.29, 0.717) is 6.29 Å². The van der Waals surface area contributed by atoms with E-state index in [9.17, 15) is 4.79 Å². The van der Waals surface area contributed by atoms with Gasteiger partial charge in [-0.05, 0) is 36.6 Å². The Bertz CT molecular complexity index is 436. The Kier molecular flexibility index (Phi) is 4.43. The van der Waals surface area contributed by atoms with Crippen LogP contribution in [0, 0.1) is 13.8 Å². The highest BCUT2D eigenvalue weighted by Crippen LogP contribution is 2.32. The van der Waals surface area contributed by atoms with E-state index in [4.69, 9.17) is 34.8 Å². The summed E-state index contributed by atoms with van der Waals surface area (Å²) in [5, 5.41) is 0.0917. The highest BCUT2D eigenvalue weighted by Gasteiger charge is 2.27. The van der Waals surface area contributed by atoms with Crippen molar-refractivity contribution in [3.63, 3.8) is 0 Å². The lowest BCUT2D eigenvalue weighted by Crippen LogP contribution is -2.14. The Morgan fingerprint density at radius 1 is 1.25 bits per heavy atom. The molecule has 16 heavy (non-hydrogen) atoms. The third-order valence-electron chi connectivity index (χ3n) is 2.29. The largest absolute Gasteiger partial charge is 0.300 e. The molecule has 0 saturated heterocycles. The third kappa shape index (κ3) is 3.24. The lowest BCUT2D eigenvalue weighted by atomic mass is 10.1. The van der Waals surface area contributed by atoms with Crippen molar-refractivity contribution in [1.29, 1.82) is 0 Å². The molecule has 0 N–H and O–H groups in total. The molecule has 1 aromatic carbocycles. The SMILES string of the molecule is Cc1ccc(/C=C(\Cl)C(Cl)(Cl)C=O)cc1C. The molecule has 0 heterocycles. The smallest absolute Gasteiger partial charge is 0.208 e. The van der Waals surface area contributed by atoms with Crippen LogP contribution in [0.4, 0.5) is 0 Å². The molecular formula is C12H11Cl3O. The number of allylic oxidation sites excluding steroid dienone is 1. The first-order valence-corrected chi connectivity index (χ1v) is 5.79. The Morgan fingerprint density at radius 3 is 2.38 bits per heavy atom. The van der Waals surface area contributed by atoms with E-state index < -0.39 is 4.33 Å². The minimum absolute atomic E-state index is 0.0917. The summed E-state index contributed by atoms with van der Waals surface area (Å²) >= 11 is 17.2. The van der Waals surface area contributed by atoms with Gasteiger partial charge in [0.25, 0.3) is 0 Å². The Balaban J connectivity index is 3.08. The lowest BCUT2D eigenvalue weighted by molar-refractivity contribution is -0.107. The van der Waals surface area contributed by atoms with E-state index in [1.54, 1.807) is 6.08 Å². The zero-order valence-corrected chi connectivity index (χ0v) is 11.2. The molecule has 1 aromatic rings. The van der Waals surface area contributed by atoms with Gasteiger partial charge in [0.2, 0.25) is 4.33 Å². The number of aryl methyl sites for hydroxylation is 2. The maximum atomic E-state index is 10.6. The summed E-state index contributed by atoms with van der Waals surface area (Å²) < 4.78 is -1.67. The molecule has 86 valence electrons. The van der Waals surface area contributed by atoms with Crippen LogP contribution in [0.5, 0.6) is 0 Å². The lowest BCUT2D eigenvalue weighted by Gasteiger charge is -2.10. The maximum absolute atomic E-state index is 10.6. The van der Waals surface area contributed by atoms with Crippen molar-refractivity contribution in [2.75, 3.05) is 0 Å². The van der Waals surface area contributed by atoms with Crippen LogP contribution in [0.15, 0.2) is 23.2 Å². The Labute approximate surface area is 110 Å². The van der Waals surface area contributed by atoms with Gasteiger partial charge in [-0.15, -0.1) is 0 Å². The van der Waals surface area contributed by atoms with Gasteiger partial charge >= 0.3 is 0 Å². The second-order valence-corrected chi connectivity index (χ2v) is 5.37. The molecule has 0 atom stereocenters. The molecule has 0 fully saturated rings. The van der Waals surface area contributed by atoms with E-state index >= 15 is 0 Å². The van der Waals surface area contributed by atoms with Gasteiger partial charge in [0.05, 0.1) is 5.03 Å². The first-order valence-electron chi connectivity index (χ1n) is 4.66. The molecule has 4 heteroatoms. The summed E-state index contributed by atoms with van der Waals surface area (Å²) in [6.07, 6.45) is 1.98. The molecule has 0 aromatic heterocycles. The fraction of sp³-hybridized carbons (Fsp3) is 0.250. The first kappa shape index (κ1) is 13.6. The third-order valence-corrected chi connectivity index (χ3v) is 3.48. The van der Waals surface area contributed by atoms with Crippen LogP contribution in [0.3, 0.4) is 0 Å². The van der Waals surface area contributed by atoms with E-state index in [2.05, 4.69) is 0 Å². The summed E-state index contributed by atoms with van der Waals surface area (Å²) in [6.45, 7) is 4.01. The van der Waals surface area contributed by atoms with Crippen molar-refractivity contribution in [2.24, 2.45) is 0 Å². The van der Waals surface area contributed by atoms with Crippen LogP contribution < -0.4 is 0 Å². The molecule has 1 nitrogen and oxygen atoms in total. The van der Waals surface area contributed by atoms with Gasteiger partial charge in [-0.1, -0.05) is 53.0 Å². The highest BCUT2D eigenvalue weighted by atomic mass is 35.5. The zero-order valence-electron chi connectivity index (χ0n) is 8.93. The molecule has 0 aliphatic carbocycles. The van der Waals surface area contributed by atoms with Crippen molar-refractivity contribution in [3.8, 4) is 0 Å². The summed E-state index contributed by atoms with van der Waals surface area (Å²) in [4.78, 5) is 10.6. The minimum atomic E-state index is -1.67. The summed E-state index contributed by atoms with van der Waals surface area (Å²) in [5.74, 6) is 0. The van der Waals surface area contributed by atoms with Crippen LogP contribution in [0.25, 0.3) is 6.08 Å². The topological polar surface area (TPSA) is 17.1 Å². The average molecular weight is 278 g/mol. The highest BCUT2D eigenvalue weighted by molar-refractivity contribution is 6.63. The standard InChI is InChI=1S/C12H11Cl3O/c1-8-3-4-10(5-9(8)2)6-11(13)12(14,15)7-16/h3-7H,1-2H3/b11-6-. The van der Waals surface area contributed by atoms with E-state index in [-0.39, 0.29) is 5.03 Å². The van der Waals surface area contributed by atoms with Gasteiger partial charge in [-0.3, -0.25) is 4.79 Å². The van der Waals surface area contributed by atoms with Gasteiger partial charge < -0.3 is 0 Å². The fourth-order valence-electron chi connectivity index (χ4n) is 1.15. The average Bonchev–Trinajstić information content (AvgIpc) is 2.23. The monoisotopic (exact) mass is 276 g/mol. The normalized spacial score (nSPS) is 12.7. The number of rotatable bonds is 3. The van der Waals surface area contributed by atoms with E-state index in [1.165, 1.54) is 5.56 Å². The number of carbonyl (C=O) groups is 1. The van der Waals surface area contributed by atoms with Crippen LogP contribution >= 0.6 is 34.8 Å². The van der Waals surface area contributed by atoms with E-state index in [1.807, 2.05) is 32.0 Å². The molecule has 0 amide bonds. The first-order chi connectivity index (χ1) is 7.36. The van der Waals surface area contributed by atoms with Crippen LogP contribution in [0.1, 0.15) is 16.7 Å². The predicted molar refractivity (Wildman–Crippen MR) is 70.2 cm³/mol. The molecule has 0 spiro atoms.